The van der Waals surface area contributed by atoms with Gasteiger partial charge in [0.2, 0.25) is 0 Å². The Balaban J connectivity index is 1.41. The van der Waals surface area contributed by atoms with Crippen molar-refractivity contribution in [2.75, 3.05) is 0 Å². The molecular formula is C35H20O2. The maximum absolute atomic E-state index is 13.8. The number of rotatable bonds is 4. The summed E-state index contributed by atoms with van der Waals surface area (Å²) in [7, 11) is 0. The van der Waals surface area contributed by atoms with Gasteiger partial charge >= 0.3 is 0 Å². The highest BCUT2D eigenvalue weighted by Gasteiger charge is 2.35. The van der Waals surface area contributed by atoms with Gasteiger partial charge < -0.3 is 0 Å². The molecule has 3 aliphatic rings. The fourth-order valence-electron chi connectivity index (χ4n) is 7.36. The molecule has 3 aliphatic carbocycles. The molecule has 0 unspecified atom stereocenters. The van der Waals surface area contributed by atoms with Crippen LogP contribution in [-0.2, 0) is 19.3 Å². The maximum Gasteiger partial charge on any atom is 0.193 e. The number of hydrogen-bond donors (Lipinski definition) is 0. The first kappa shape index (κ1) is 19.6. The highest BCUT2D eigenvalue weighted by Crippen LogP contribution is 2.54. The second-order valence-electron chi connectivity index (χ2n) is 10.7. The summed E-state index contributed by atoms with van der Waals surface area (Å²) >= 11 is 0. The van der Waals surface area contributed by atoms with Crippen LogP contribution < -0.4 is 0 Å². The average Bonchev–Trinajstić information content (AvgIpc) is 3.62. The van der Waals surface area contributed by atoms with E-state index in [9.17, 15) is 9.59 Å². The topological polar surface area (TPSA) is 34.1 Å². The van der Waals surface area contributed by atoms with Crippen molar-refractivity contribution in [1.29, 1.82) is 0 Å². The number of carbonyl (C=O) groups is 2. The van der Waals surface area contributed by atoms with Gasteiger partial charge in [-0.3, -0.25) is 9.59 Å². The molecule has 6 aromatic carbocycles. The van der Waals surface area contributed by atoms with E-state index in [1.54, 1.807) is 0 Å². The summed E-state index contributed by atoms with van der Waals surface area (Å²) in [6.45, 7) is 0. The summed E-state index contributed by atoms with van der Waals surface area (Å²) < 4.78 is 0. The van der Waals surface area contributed by atoms with Crippen LogP contribution in [0.4, 0.5) is 0 Å². The fourth-order valence-corrected chi connectivity index (χ4v) is 7.36. The minimum Gasteiger partial charge on any atom is -0.289 e. The monoisotopic (exact) mass is 472 g/mol. The molecule has 0 spiro atoms. The Morgan fingerprint density at radius 2 is 0.838 bits per heavy atom. The molecule has 0 fully saturated rings. The van der Waals surface area contributed by atoms with Crippen molar-refractivity contribution in [2.45, 2.75) is 19.3 Å². The van der Waals surface area contributed by atoms with Crippen LogP contribution in [0.1, 0.15) is 65.2 Å². The number of benzene rings is 6. The smallest absolute Gasteiger partial charge is 0.193 e. The van der Waals surface area contributed by atoms with Crippen LogP contribution in [0.25, 0.3) is 32.3 Å². The molecule has 0 aliphatic heterocycles. The summed E-state index contributed by atoms with van der Waals surface area (Å²) in [5.41, 5.74) is 10.5. The van der Waals surface area contributed by atoms with Gasteiger partial charge in [-0.15, -0.1) is 0 Å². The Morgan fingerprint density at radius 1 is 0.432 bits per heavy atom. The van der Waals surface area contributed by atoms with Crippen molar-refractivity contribution in [3.8, 4) is 0 Å². The summed E-state index contributed by atoms with van der Waals surface area (Å²) in [5, 5.41) is 7.82. The van der Waals surface area contributed by atoms with Crippen LogP contribution >= 0.6 is 0 Å². The largest absolute Gasteiger partial charge is 0.289 e. The molecule has 2 heteroatoms. The fraction of sp³-hybridized carbons (Fsp3) is 0.0857. The van der Waals surface area contributed by atoms with E-state index < -0.39 is 0 Å². The van der Waals surface area contributed by atoms with E-state index >= 15 is 0 Å². The molecule has 0 bridgehead atoms. The molecule has 9 rings (SSSR count). The highest BCUT2D eigenvalue weighted by molar-refractivity contribution is 6.35. The summed E-state index contributed by atoms with van der Waals surface area (Å²) in [5.74, 6) is 0.171. The van der Waals surface area contributed by atoms with Crippen molar-refractivity contribution in [2.24, 2.45) is 0 Å². The van der Waals surface area contributed by atoms with Gasteiger partial charge in [0.1, 0.15) is 0 Å². The van der Waals surface area contributed by atoms with Crippen LogP contribution in [-0.4, -0.2) is 11.6 Å². The zero-order chi connectivity index (χ0) is 24.4. The lowest BCUT2D eigenvalue weighted by atomic mass is 9.89. The maximum atomic E-state index is 13.8. The molecule has 37 heavy (non-hydrogen) atoms. The van der Waals surface area contributed by atoms with Crippen molar-refractivity contribution in [3.63, 3.8) is 0 Å². The van der Waals surface area contributed by atoms with E-state index in [4.69, 9.17) is 0 Å². The summed E-state index contributed by atoms with van der Waals surface area (Å²) in [6, 6.07) is 28.1. The molecule has 0 atom stereocenters. The average molecular weight is 473 g/mol. The predicted molar refractivity (Wildman–Crippen MR) is 147 cm³/mol. The SMILES string of the molecule is O=C(c1ccccc1)c1cc2c3c4c1Cc1ccc5c(c14)c1c(cc(C(=O)c4ccccc4)c(c13)C2)C5. The van der Waals surface area contributed by atoms with E-state index in [1.807, 2.05) is 60.7 Å². The van der Waals surface area contributed by atoms with Gasteiger partial charge in [-0.05, 0) is 97.1 Å². The molecule has 0 N–H and O–H groups in total. The molecule has 0 saturated heterocycles. The standard InChI is InChI=1S/C35H20O2/c36-34(18-7-3-1-4-8-18)26-16-22-13-20-11-12-21-14-24-27(35(37)19-9-5-2-6-10-19)17-23-15-25(26)33-30(22)28(20)29(21)32(24)31(23)33/h1-12,16-17H,13-15H2. The Bertz CT molecular complexity index is 1980. The van der Waals surface area contributed by atoms with Crippen molar-refractivity contribution < 1.29 is 9.59 Å². The quantitative estimate of drug-likeness (QED) is 0.199. The van der Waals surface area contributed by atoms with E-state index in [-0.39, 0.29) is 11.6 Å². The summed E-state index contributed by atoms with van der Waals surface area (Å²) in [6.07, 6.45) is 2.33. The third kappa shape index (κ3) is 2.32. The molecule has 6 aromatic rings. The minimum atomic E-state index is 0.0853. The molecular weight excluding hydrogens is 452 g/mol. The lowest BCUT2D eigenvalue weighted by molar-refractivity contribution is 0.103. The molecule has 0 heterocycles. The van der Waals surface area contributed by atoms with Crippen LogP contribution in [0.2, 0.25) is 0 Å². The number of hydrogen-bond acceptors (Lipinski definition) is 2. The first-order valence-electron chi connectivity index (χ1n) is 12.9. The Hall–Kier alpha value is -4.56. The lowest BCUT2D eigenvalue weighted by Gasteiger charge is -2.13. The summed E-state index contributed by atoms with van der Waals surface area (Å²) in [4.78, 5) is 27.7. The van der Waals surface area contributed by atoms with Crippen molar-refractivity contribution in [1.82, 2.24) is 0 Å². The van der Waals surface area contributed by atoms with Gasteiger partial charge in [0.25, 0.3) is 0 Å². The van der Waals surface area contributed by atoms with Gasteiger partial charge in [-0.2, -0.15) is 0 Å². The zero-order valence-corrected chi connectivity index (χ0v) is 20.0. The second-order valence-corrected chi connectivity index (χ2v) is 10.7. The third-order valence-corrected chi connectivity index (χ3v) is 8.84. The molecule has 0 amide bonds. The van der Waals surface area contributed by atoms with Gasteiger partial charge in [-0.1, -0.05) is 72.8 Å². The number of carbonyl (C=O) groups excluding carboxylic acids is 2. The molecule has 172 valence electrons. The third-order valence-electron chi connectivity index (χ3n) is 8.84. The van der Waals surface area contributed by atoms with Gasteiger partial charge in [0.15, 0.2) is 11.6 Å². The minimum absolute atomic E-state index is 0.0853. The van der Waals surface area contributed by atoms with Crippen LogP contribution in [0, 0.1) is 0 Å². The normalized spacial score (nSPS) is 13.8. The first-order valence-corrected chi connectivity index (χ1v) is 12.9. The van der Waals surface area contributed by atoms with E-state index in [2.05, 4.69) is 24.3 Å². The molecule has 0 aromatic heterocycles. The van der Waals surface area contributed by atoms with Gasteiger partial charge in [0.05, 0.1) is 0 Å². The number of ketones is 2. The van der Waals surface area contributed by atoms with Crippen LogP contribution in [0.5, 0.6) is 0 Å². The second kappa shape index (κ2) is 6.60. The molecule has 2 nitrogen and oxygen atoms in total. The Kier molecular flexibility index (Phi) is 3.50. The van der Waals surface area contributed by atoms with Crippen LogP contribution in [0.15, 0.2) is 84.9 Å². The van der Waals surface area contributed by atoms with E-state index in [1.165, 1.54) is 54.6 Å². The first-order chi connectivity index (χ1) is 18.2. The van der Waals surface area contributed by atoms with E-state index in [0.717, 1.165) is 46.2 Å². The van der Waals surface area contributed by atoms with Gasteiger partial charge in [0, 0.05) is 22.3 Å². The van der Waals surface area contributed by atoms with E-state index in [0.29, 0.717) is 6.42 Å². The van der Waals surface area contributed by atoms with Crippen molar-refractivity contribution >= 4 is 43.9 Å². The molecule has 0 saturated carbocycles. The molecule has 0 radical (unpaired) electrons. The predicted octanol–water partition coefficient (Wildman–Crippen LogP) is 7.32. The van der Waals surface area contributed by atoms with Crippen LogP contribution in [0.3, 0.4) is 0 Å². The zero-order valence-electron chi connectivity index (χ0n) is 20.0. The highest BCUT2D eigenvalue weighted by atomic mass is 16.1. The lowest BCUT2D eigenvalue weighted by Crippen LogP contribution is -2.07. The van der Waals surface area contributed by atoms with Gasteiger partial charge in [-0.25, -0.2) is 0 Å². The Morgan fingerprint density at radius 3 is 1.41 bits per heavy atom. The Labute approximate surface area is 213 Å². The van der Waals surface area contributed by atoms with Crippen molar-refractivity contribution in [3.05, 3.63) is 141 Å².